The minimum absolute atomic E-state index is 0.101. The predicted molar refractivity (Wildman–Crippen MR) is 113 cm³/mol. The highest BCUT2D eigenvalue weighted by molar-refractivity contribution is 7.91. The van der Waals surface area contributed by atoms with Crippen molar-refractivity contribution in [2.45, 2.75) is 49.5 Å². The van der Waals surface area contributed by atoms with Crippen molar-refractivity contribution in [1.29, 1.82) is 0 Å². The number of hydrogen-bond donors (Lipinski definition) is 1. The minimum atomic E-state index is -3.77. The van der Waals surface area contributed by atoms with E-state index in [1.54, 1.807) is 12.1 Å². The van der Waals surface area contributed by atoms with Gasteiger partial charge in [-0.1, -0.05) is 12.1 Å². The number of carboxylic acid groups (broad SMARTS) is 1. The van der Waals surface area contributed by atoms with Gasteiger partial charge in [0.2, 0.25) is 0 Å². The molecule has 0 fully saturated rings. The first-order chi connectivity index (χ1) is 14.6. The van der Waals surface area contributed by atoms with E-state index < -0.39 is 33.5 Å². The highest BCUT2D eigenvalue weighted by Crippen LogP contribution is 2.44. The Labute approximate surface area is 179 Å². The molecule has 0 saturated carbocycles. The number of sulfone groups is 1. The monoisotopic (exact) mass is 447 g/mol. The minimum Gasteiger partial charge on any atom is -0.481 e. The van der Waals surface area contributed by atoms with E-state index in [1.807, 2.05) is 11.5 Å². The fourth-order valence-corrected chi connectivity index (χ4v) is 5.70. The number of aliphatic carboxylic acids is 1. The lowest BCUT2D eigenvalue weighted by atomic mass is 9.84. The summed E-state index contributed by atoms with van der Waals surface area (Å²) in [5, 5.41) is 9.96. The lowest BCUT2D eigenvalue weighted by molar-refractivity contribution is -0.137. The van der Waals surface area contributed by atoms with Gasteiger partial charge in [-0.2, -0.15) is 0 Å². The van der Waals surface area contributed by atoms with Crippen molar-refractivity contribution in [3.8, 4) is 0 Å². The van der Waals surface area contributed by atoms with Gasteiger partial charge in [-0.05, 0) is 61.6 Å². The number of carboxylic acids is 1. The molecule has 1 aliphatic carbocycles. The average molecular weight is 448 g/mol. The second-order valence-electron chi connectivity index (χ2n) is 8.22. The number of benzene rings is 2. The fourth-order valence-electron chi connectivity index (χ4n) is 4.81. The highest BCUT2D eigenvalue weighted by Gasteiger charge is 2.33. The van der Waals surface area contributed by atoms with E-state index >= 15 is 0 Å². The Hall–Kier alpha value is -2.74. The van der Waals surface area contributed by atoms with Crippen LogP contribution < -0.4 is 0 Å². The maximum atomic E-state index is 14.5. The molecular formula is C23H23F2NO4S. The molecular weight excluding hydrogens is 424 g/mol. The normalized spacial score (nSPS) is 17.5. The van der Waals surface area contributed by atoms with Crippen LogP contribution in [0.2, 0.25) is 0 Å². The topological polar surface area (TPSA) is 76.4 Å². The Bertz CT molecular complexity index is 1280. The number of rotatable bonds is 5. The van der Waals surface area contributed by atoms with Crippen molar-refractivity contribution < 1.29 is 27.1 Å². The molecule has 5 nitrogen and oxygen atoms in total. The Morgan fingerprint density at radius 1 is 1.19 bits per heavy atom. The van der Waals surface area contributed by atoms with Crippen LogP contribution in [-0.2, 0) is 21.1 Å². The van der Waals surface area contributed by atoms with Crippen LogP contribution in [-0.4, -0.2) is 30.3 Å². The van der Waals surface area contributed by atoms with Crippen LogP contribution in [0.25, 0.3) is 10.9 Å². The summed E-state index contributed by atoms with van der Waals surface area (Å²) >= 11 is 0. The van der Waals surface area contributed by atoms with E-state index in [9.17, 15) is 27.1 Å². The molecule has 1 N–H and O–H groups in total. The molecule has 2 aromatic carbocycles. The largest absolute Gasteiger partial charge is 0.481 e. The fraction of sp³-hybridized carbons (Fsp3) is 0.348. The standard InChI is InChI=1S/C23H23F2NO4S/c1-13(14-6-8-16(24)9-7-14)26-22-15(10-21(27)28)4-3-5-18(22)19-11-17(25)12-20(23(19)26)31(2,29)30/h6-9,11-13,15H,3-5,10H2,1-2H3,(H,27,28)/t13-,15?/m0/s1. The predicted octanol–water partition coefficient (Wildman–Crippen LogP) is 4.83. The Morgan fingerprint density at radius 3 is 2.48 bits per heavy atom. The van der Waals surface area contributed by atoms with Crippen LogP contribution in [0.4, 0.5) is 8.78 Å². The van der Waals surface area contributed by atoms with Crippen LogP contribution in [0.5, 0.6) is 0 Å². The molecule has 1 aliphatic rings. The van der Waals surface area contributed by atoms with Crippen LogP contribution in [0.15, 0.2) is 41.3 Å². The summed E-state index contributed by atoms with van der Waals surface area (Å²) < 4.78 is 55.0. The molecule has 0 aliphatic heterocycles. The summed E-state index contributed by atoms with van der Waals surface area (Å²) in [7, 11) is -3.77. The SMILES string of the molecule is C[C@@H](c1ccc(F)cc1)n1c2c(c3cc(F)cc(S(C)(=O)=O)c31)CCCC2CC(=O)O. The van der Waals surface area contributed by atoms with Gasteiger partial charge in [0.15, 0.2) is 9.84 Å². The molecule has 1 heterocycles. The third-order valence-corrected chi connectivity index (χ3v) is 7.21. The third-order valence-electron chi connectivity index (χ3n) is 6.10. The number of aromatic nitrogens is 1. The van der Waals surface area contributed by atoms with E-state index in [0.29, 0.717) is 23.7 Å². The zero-order valence-electron chi connectivity index (χ0n) is 17.2. The molecule has 4 rings (SSSR count). The summed E-state index contributed by atoms with van der Waals surface area (Å²) in [6, 6.07) is 7.84. The van der Waals surface area contributed by atoms with Gasteiger partial charge in [-0.15, -0.1) is 0 Å². The second-order valence-corrected chi connectivity index (χ2v) is 10.2. The van der Waals surface area contributed by atoms with Crippen molar-refractivity contribution >= 4 is 26.7 Å². The molecule has 1 unspecified atom stereocenters. The Kier molecular flexibility index (Phi) is 5.37. The number of carbonyl (C=O) groups is 1. The molecule has 31 heavy (non-hydrogen) atoms. The third kappa shape index (κ3) is 3.84. The average Bonchev–Trinajstić information content (AvgIpc) is 3.01. The molecule has 164 valence electrons. The summed E-state index contributed by atoms with van der Waals surface area (Å²) in [5.41, 5.74) is 2.65. The molecule has 0 radical (unpaired) electrons. The molecule has 0 spiro atoms. The number of nitrogens with zero attached hydrogens (tertiary/aromatic N) is 1. The zero-order valence-corrected chi connectivity index (χ0v) is 18.0. The molecule has 3 aromatic rings. The lowest BCUT2D eigenvalue weighted by Crippen LogP contribution is -2.20. The lowest BCUT2D eigenvalue weighted by Gasteiger charge is -2.28. The van der Waals surface area contributed by atoms with Gasteiger partial charge in [-0.25, -0.2) is 17.2 Å². The quantitative estimate of drug-likeness (QED) is 0.608. The number of hydrogen-bond acceptors (Lipinski definition) is 3. The summed E-state index contributed by atoms with van der Waals surface area (Å²) in [6.45, 7) is 1.86. The van der Waals surface area contributed by atoms with E-state index in [-0.39, 0.29) is 17.2 Å². The van der Waals surface area contributed by atoms with Crippen LogP contribution in [0.3, 0.4) is 0 Å². The zero-order chi connectivity index (χ0) is 22.5. The summed E-state index contributed by atoms with van der Waals surface area (Å²) in [4.78, 5) is 11.4. The molecule has 0 bridgehead atoms. The van der Waals surface area contributed by atoms with E-state index in [1.165, 1.54) is 18.2 Å². The van der Waals surface area contributed by atoms with Gasteiger partial charge in [0, 0.05) is 23.3 Å². The first kappa shape index (κ1) is 21.5. The highest BCUT2D eigenvalue weighted by atomic mass is 32.2. The van der Waals surface area contributed by atoms with Crippen LogP contribution >= 0.6 is 0 Å². The van der Waals surface area contributed by atoms with Gasteiger partial charge in [0.05, 0.1) is 22.9 Å². The van der Waals surface area contributed by atoms with E-state index in [4.69, 9.17) is 0 Å². The van der Waals surface area contributed by atoms with E-state index in [0.717, 1.165) is 35.6 Å². The number of fused-ring (bicyclic) bond motifs is 3. The van der Waals surface area contributed by atoms with Gasteiger partial charge in [-0.3, -0.25) is 4.79 Å². The van der Waals surface area contributed by atoms with E-state index in [2.05, 4.69) is 0 Å². The maximum Gasteiger partial charge on any atom is 0.304 e. The van der Waals surface area contributed by atoms with Gasteiger partial charge >= 0.3 is 5.97 Å². The second kappa shape index (κ2) is 7.75. The Balaban J connectivity index is 2.10. The van der Waals surface area contributed by atoms with Gasteiger partial charge < -0.3 is 9.67 Å². The van der Waals surface area contributed by atoms with Crippen molar-refractivity contribution in [3.05, 3.63) is 64.9 Å². The van der Waals surface area contributed by atoms with Crippen molar-refractivity contribution in [3.63, 3.8) is 0 Å². The molecule has 2 atom stereocenters. The van der Waals surface area contributed by atoms with Crippen LogP contribution in [0, 0.1) is 11.6 Å². The van der Waals surface area contributed by atoms with Gasteiger partial charge in [0.25, 0.3) is 0 Å². The smallest absolute Gasteiger partial charge is 0.304 e. The summed E-state index contributed by atoms with van der Waals surface area (Å²) in [5.74, 6) is -2.31. The molecule has 1 aromatic heterocycles. The maximum absolute atomic E-state index is 14.5. The molecule has 8 heteroatoms. The first-order valence-electron chi connectivity index (χ1n) is 10.1. The first-order valence-corrected chi connectivity index (χ1v) is 12.0. The summed E-state index contributed by atoms with van der Waals surface area (Å²) in [6.07, 6.45) is 2.92. The van der Waals surface area contributed by atoms with Crippen LogP contribution in [0.1, 0.15) is 55.0 Å². The Morgan fingerprint density at radius 2 is 1.87 bits per heavy atom. The van der Waals surface area contributed by atoms with Crippen molar-refractivity contribution in [2.75, 3.05) is 6.26 Å². The van der Waals surface area contributed by atoms with Crippen molar-refractivity contribution in [2.24, 2.45) is 0 Å². The van der Waals surface area contributed by atoms with Gasteiger partial charge in [0.1, 0.15) is 11.6 Å². The van der Waals surface area contributed by atoms with Crippen molar-refractivity contribution in [1.82, 2.24) is 4.57 Å². The number of halogens is 2. The number of aryl methyl sites for hydroxylation is 1. The molecule has 0 amide bonds. The molecule has 0 saturated heterocycles.